The van der Waals surface area contributed by atoms with Gasteiger partial charge in [-0.1, -0.05) is 12.1 Å². The van der Waals surface area contributed by atoms with E-state index < -0.39 is 0 Å². The fourth-order valence-corrected chi connectivity index (χ4v) is 2.29. The zero-order chi connectivity index (χ0) is 12.5. The Kier molecular flexibility index (Phi) is 6.19. The van der Waals surface area contributed by atoms with E-state index in [1.807, 2.05) is 18.2 Å². The molecule has 0 unspecified atom stereocenters. The van der Waals surface area contributed by atoms with Crippen LogP contribution in [0.3, 0.4) is 0 Å². The van der Waals surface area contributed by atoms with Crippen LogP contribution in [0.15, 0.2) is 29.2 Å². The van der Waals surface area contributed by atoms with Crippen molar-refractivity contribution in [3.63, 3.8) is 0 Å². The summed E-state index contributed by atoms with van der Waals surface area (Å²) >= 11 is 1.59. The Morgan fingerprint density at radius 2 is 2.24 bits per heavy atom. The molecule has 0 aliphatic heterocycles. The first kappa shape index (κ1) is 13.6. The van der Waals surface area contributed by atoms with Crippen LogP contribution < -0.4 is 0 Å². The molecular weight excluding hydrogens is 234 g/mol. The quantitative estimate of drug-likeness (QED) is 0.441. The first-order chi connectivity index (χ1) is 8.29. The molecule has 0 heterocycles. The number of benzene rings is 1. The molecular formula is C13H15NO2S. The smallest absolute Gasteiger partial charge is 0.339 e. The van der Waals surface area contributed by atoms with E-state index in [4.69, 9.17) is 10.00 Å². The van der Waals surface area contributed by atoms with Crippen molar-refractivity contribution in [3.8, 4) is 6.07 Å². The maximum absolute atomic E-state index is 11.7. The van der Waals surface area contributed by atoms with Crippen LogP contribution in [0, 0.1) is 11.3 Å². The Hall–Kier alpha value is -1.47. The number of esters is 1. The third-order valence-electron chi connectivity index (χ3n) is 2.07. The number of carbonyl (C=O) groups excluding carboxylic acids is 1. The standard InChI is InChI=1S/C13H15NO2S/c1-2-16-13(15)11-7-3-4-8-12(11)17-10-6-5-9-14/h3-4,7-8H,2,5-6,10H2,1H3. The van der Waals surface area contributed by atoms with Gasteiger partial charge in [-0.3, -0.25) is 0 Å². The summed E-state index contributed by atoms with van der Waals surface area (Å²) in [6, 6.07) is 9.50. The van der Waals surface area contributed by atoms with E-state index in [1.54, 1.807) is 24.8 Å². The average molecular weight is 249 g/mol. The third-order valence-corrected chi connectivity index (χ3v) is 3.23. The van der Waals surface area contributed by atoms with Crippen LogP contribution in [0.25, 0.3) is 0 Å². The molecule has 0 bridgehead atoms. The van der Waals surface area contributed by atoms with Gasteiger partial charge in [0, 0.05) is 11.3 Å². The fourth-order valence-electron chi connectivity index (χ4n) is 1.30. The van der Waals surface area contributed by atoms with Crippen LogP contribution in [-0.4, -0.2) is 18.3 Å². The van der Waals surface area contributed by atoms with Gasteiger partial charge in [0.1, 0.15) is 0 Å². The van der Waals surface area contributed by atoms with Crippen molar-refractivity contribution in [3.05, 3.63) is 29.8 Å². The van der Waals surface area contributed by atoms with E-state index in [0.29, 0.717) is 18.6 Å². The maximum Gasteiger partial charge on any atom is 0.339 e. The number of nitrogens with zero attached hydrogens (tertiary/aromatic N) is 1. The molecule has 90 valence electrons. The van der Waals surface area contributed by atoms with E-state index in [0.717, 1.165) is 17.1 Å². The van der Waals surface area contributed by atoms with Crippen molar-refractivity contribution in [1.29, 1.82) is 5.26 Å². The number of ether oxygens (including phenoxy) is 1. The molecule has 0 saturated heterocycles. The molecule has 0 fully saturated rings. The first-order valence-corrected chi connectivity index (χ1v) is 6.54. The van der Waals surface area contributed by atoms with Gasteiger partial charge in [0.15, 0.2) is 0 Å². The minimum absolute atomic E-state index is 0.282. The second kappa shape index (κ2) is 7.75. The summed E-state index contributed by atoms with van der Waals surface area (Å²) in [6.07, 6.45) is 1.38. The number of hydrogen-bond donors (Lipinski definition) is 0. The Morgan fingerprint density at radius 1 is 1.47 bits per heavy atom. The van der Waals surface area contributed by atoms with Crippen LogP contribution in [0.5, 0.6) is 0 Å². The van der Waals surface area contributed by atoms with Crippen LogP contribution in [-0.2, 0) is 4.74 Å². The number of unbranched alkanes of at least 4 members (excludes halogenated alkanes) is 1. The van der Waals surface area contributed by atoms with Gasteiger partial charge < -0.3 is 4.74 Å². The van der Waals surface area contributed by atoms with Crippen LogP contribution in [0.2, 0.25) is 0 Å². The summed E-state index contributed by atoms with van der Waals surface area (Å²) in [6.45, 7) is 2.17. The minimum atomic E-state index is -0.282. The molecule has 1 aromatic carbocycles. The molecule has 0 aliphatic carbocycles. The molecule has 17 heavy (non-hydrogen) atoms. The molecule has 4 heteroatoms. The Labute approximate surface area is 106 Å². The van der Waals surface area contributed by atoms with Gasteiger partial charge in [0.25, 0.3) is 0 Å². The molecule has 0 radical (unpaired) electrons. The molecule has 0 atom stereocenters. The van der Waals surface area contributed by atoms with E-state index in [1.165, 1.54) is 0 Å². The van der Waals surface area contributed by atoms with Gasteiger partial charge >= 0.3 is 5.97 Å². The van der Waals surface area contributed by atoms with Gasteiger partial charge in [0.05, 0.1) is 18.2 Å². The van der Waals surface area contributed by atoms with E-state index in [9.17, 15) is 4.79 Å². The fraction of sp³-hybridized carbons (Fsp3) is 0.385. The highest BCUT2D eigenvalue weighted by molar-refractivity contribution is 7.99. The molecule has 0 N–H and O–H groups in total. The number of hydrogen-bond acceptors (Lipinski definition) is 4. The Balaban J connectivity index is 2.64. The average Bonchev–Trinajstić information content (AvgIpc) is 2.35. The highest BCUT2D eigenvalue weighted by Crippen LogP contribution is 2.24. The number of carbonyl (C=O) groups is 1. The summed E-state index contributed by atoms with van der Waals surface area (Å²) in [4.78, 5) is 12.6. The lowest BCUT2D eigenvalue weighted by molar-refractivity contribution is 0.0522. The van der Waals surface area contributed by atoms with E-state index >= 15 is 0 Å². The van der Waals surface area contributed by atoms with E-state index in [-0.39, 0.29) is 5.97 Å². The normalized spacial score (nSPS) is 9.65. The van der Waals surface area contributed by atoms with Crippen molar-refractivity contribution >= 4 is 17.7 Å². The molecule has 3 nitrogen and oxygen atoms in total. The predicted molar refractivity (Wildman–Crippen MR) is 68.0 cm³/mol. The molecule has 0 aromatic heterocycles. The molecule has 0 spiro atoms. The van der Waals surface area contributed by atoms with Crippen molar-refractivity contribution < 1.29 is 9.53 Å². The number of thioether (sulfide) groups is 1. The van der Waals surface area contributed by atoms with Gasteiger partial charge in [-0.05, 0) is 31.2 Å². The third kappa shape index (κ3) is 4.49. The lowest BCUT2D eigenvalue weighted by Gasteiger charge is -2.07. The summed E-state index contributed by atoms with van der Waals surface area (Å²) in [7, 11) is 0. The van der Waals surface area contributed by atoms with Crippen LogP contribution in [0.1, 0.15) is 30.1 Å². The lowest BCUT2D eigenvalue weighted by Crippen LogP contribution is -2.06. The largest absolute Gasteiger partial charge is 0.462 e. The monoisotopic (exact) mass is 249 g/mol. The maximum atomic E-state index is 11.7. The van der Waals surface area contributed by atoms with Crippen molar-refractivity contribution in [2.24, 2.45) is 0 Å². The summed E-state index contributed by atoms with van der Waals surface area (Å²) in [5.41, 5.74) is 0.608. The topological polar surface area (TPSA) is 50.1 Å². The Bertz CT molecular complexity index is 412. The van der Waals surface area contributed by atoms with Gasteiger partial charge in [0.2, 0.25) is 0 Å². The van der Waals surface area contributed by atoms with Crippen LogP contribution >= 0.6 is 11.8 Å². The summed E-state index contributed by atoms with van der Waals surface area (Å²) in [5.74, 6) is 0.556. The molecule has 1 aromatic rings. The molecule has 0 amide bonds. The van der Waals surface area contributed by atoms with Crippen molar-refractivity contribution in [2.75, 3.05) is 12.4 Å². The highest BCUT2D eigenvalue weighted by Gasteiger charge is 2.11. The minimum Gasteiger partial charge on any atom is -0.462 e. The second-order valence-electron chi connectivity index (χ2n) is 3.33. The SMILES string of the molecule is CCOC(=O)c1ccccc1SCCCC#N. The zero-order valence-electron chi connectivity index (χ0n) is 9.81. The van der Waals surface area contributed by atoms with Crippen molar-refractivity contribution in [1.82, 2.24) is 0 Å². The molecule has 0 aliphatic rings. The van der Waals surface area contributed by atoms with Crippen molar-refractivity contribution in [2.45, 2.75) is 24.7 Å². The van der Waals surface area contributed by atoms with Gasteiger partial charge in [-0.25, -0.2) is 4.79 Å². The highest BCUT2D eigenvalue weighted by atomic mass is 32.2. The first-order valence-electron chi connectivity index (χ1n) is 5.55. The van der Waals surface area contributed by atoms with Crippen LogP contribution in [0.4, 0.5) is 0 Å². The predicted octanol–water partition coefficient (Wildman–Crippen LogP) is 3.26. The molecule has 0 saturated carbocycles. The number of nitriles is 1. The lowest BCUT2D eigenvalue weighted by atomic mass is 10.2. The summed E-state index contributed by atoms with van der Waals surface area (Å²) in [5, 5.41) is 8.44. The molecule has 1 rings (SSSR count). The number of rotatable bonds is 6. The zero-order valence-corrected chi connectivity index (χ0v) is 10.6. The van der Waals surface area contributed by atoms with E-state index in [2.05, 4.69) is 6.07 Å². The Morgan fingerprint density at radius 3 is 2.94 bits per heavy atom. The van der Waals surface area contributed by atoms with Gasteiger partial charge in [-0.15, -0.1) is 11.8 Å². The second-order valence-corrected chi connectivity index (χ2v) is 4.46. The van der Waals surface area contributed by atoms with Gasteiger partial charge in [-0.2, -0.15) is 5.26 Å². The summed E-state index contributed by atoms with van der Waals surface area (Å²) < 4.78 is 4.99.